The maximum atomic E-state index is 8.08. The van der Waals surface area contributed by atoms with E-state index in [1.165, 1.54) is 15.9 Å². The first-order valence-corrected chi connectivity index (χ1v) is 17.3. The molecule has 6 rings (SSSR count). The molecule has 184 valence electrons. The predicted molar refractivity (Wildman–Crippen MR) is 166 cm³/mol. The standard InChI is InChI=1S/C30H27ClN3P3/c31-34-36(26-16-6-1-7-17-26,27-18-8-2-9-19-27)32-35-33-37(34,28-20-10-3-11-21-28,29-22-12-4-13-23-29)30-24-14-5-15-25-30/h1-25,33,35H. The summed E-state index contributed by atoms with van der Waals surface area (Å²) in [7, 11) is -2.49. The summed E-state index contributed by atoms with van der Waals surface area (Å²) in [4.78, 5) is 4.05. The molecule has 1 unspecified atom stereocenters. The van der Waals surface area contributed by atoms with E-state index in [0.717, 1.165) is 10.6 Å². The van der Waals surface area contributed by atoms with Crippen LogP contribution in [0.2, 0.25) is 0 Å². The van der Waals surface area contributed by atoms with Crippen molar-refractivity contribution in [1.29, 1.82) is 0 Å². The predicted octanol–water partition coefficient (Wildman–Crippen LogP) is 6.68. The fourth-order valence-electron chi connectivity index (χ4n) is 5.34. The SMILES string of the molecule is ClN1P(c2ccccc2)(c2ccccc2)=NPNP1(c1ccccc1)(c1ccccc1)c1ccccc1. The van der Waals surface area contributed by atoms with Crippen molar-refractivity contribution in [3.63, 3.8) is 0 Å². The molecule has 5 aromatic carbocycles. The van der Waals surface area contributed by atoms with Crippen LogP contribution in [-0.2, 0) is 0 Å². The summed E-state index contributed by atoms with van der Waals surface area (Å²) < 4.78 is 7.62. The Kier molecular flexibility index (Phi) is 6.64. The zero-order valence-corrected chi connectivity index (χ0v) is 23.6. The first kappa shape index (κ1) is 24.7. The molecule has 1 aliphatic heterocycles. The summed E-state index contributed by atoms with van der Waals surface area (Å²) in [5.41, 5.74) is 0. The van der Waals surface area contributed by atoms with Gasteiger partial charge in [-0.15, -0.1) is 0 Å². The van der Waals surface area contributed by atoms with Gasteiger partial charge in [0.15, 0.2) is 0 Å². The monoisotopic (exact) mass is 557 g/mol. The molecule has 0 radical (unpaired) electrons. The Balaban J connectivity index is 1.83. The third kappa shape index (κ3) is 3.54. The van der Waals surface area contributed by atoms with Gasteiger partial charge < -0.3 is 0 Å². The van der Waals surface area contributed by atoms with E-state index >= 15 is 0 Å². The zero-order chi connectivity index (χ0) is 25.2. The fourth-order valence-corrected chi connectivity index (χ4v) is 22.3. The molecule has 0 saturated heterocycles. The van der Waals surface area contributed by atoms with E-state index in [-0.39, 0.29) is 8.88 Å². The summed E-state index contributed by atoms with van der Waals surface area (Å²) in [6, 6.07) is 53.4. The van der Waals surface area contributed by atoms with Crippen molar-refractivity contribution in [1.82, 2.24) is 8.82 Å². The summed E-state index contributed by atoms with van der Waals surface area (Å²) in [6.07, 6.45) is 0. The molecule has 3 nitrogen and oxygen atoms in total. The molecule has 0 saturated carbocycles. The second-order valence-electron chi connectivity index (χ2n) is 8.91. The van der Waals surface area contributed by atoms with E-state index in [1.807, 2.05) is 0 Å². The number of hydrogen-bond acceptors (Lipinski definition) is 3. The molecular weight excluding hydrogens is 531 g/mol. The summed E-state index contributed by atoms with van der Waals surface area (Å²) >= 11 is 8.08. The van der Waals surface area contributed by atoms with Gasteiger partial charge in [0.25, 0.3) is 0 Å². The van der Waals surface area contributed by atoms with Crippen molar-refractivity contribution in [2.45, 2.75) is 0 Å². The Morgan fingerprint density at radius 1 is 0.541 bits per heavy atom. The van der Waals surface area contributed by atoms with E-state index in [4.69, 9.17) is 16.3 Å². The van der Waals surface area contributed by atoms with Crippen LogP contribution < -0.4 is 31.4 Å². The van der Waals surface area contributed by atoms with Crippen LogP contribution in [0.15, 0.2) is 156 Å². The Labute approximate surface area is 225 Å². The minimum absolute atomic E-state index is 0.145. The normalized spacial score (nSPS) is 19.8. The third-order valence-corrected chi connectivity index (χ3v) is 21.2. The molecule has 1 atom stereocenters. The van der Waals surface area contributed by atoms with Crippen molar-refractivity contribution >= 4 is 61.3 Å². The second kappa shape index (κ2) is 9.94. The number of nitrogens with zero attached hydrogens (tertiary/aromatic N) is 2. The molecule has 7 heteroatoms. The third-order valence-electron chi connectivity index (χ3n) is 7.04. The topological polar surface area (TPSA) is 27.6 Å². The summed E-state index contributed by atoms with van der Waals surface area (Å²) in [5.74, 6) is 0. The van der Waals surface area contributed by atoms with Gasteiger partial charge >= 0.3 is 226 Å². The Hall–Kier alpha value is -2.60. The number of rotatable bonds is 5. The molecule has 0 amide bonds. The van der Waals surface area contributed by atoms with E-state index in [9.17, 15) is 0 Å². The van der Waals surface area contributed by atoms with Crippen LogP contribution >= 0.6 is 34.8 Å². The molecule has 0 spiro atoms. The van der Waals surface area contributed by atoms with Gasteiger partial charge in [-0.3, -0.25) is 0 Å². The van der Waals surface area contributed by atoms with Gasteiger partial charge in [0.2, 0.25) is 0 Å². The number of nitrogens with one attached hydrogen (secondary N) is 1. The molecular formula is C30H27ClN3P3. The van der Waals surface area contributed by atoms with Gasteiger partial charge in [-0.05, 0) is 0 Å². The maximum absolute atomic E-state index is 8.08. The fraction of sp³-hybridized carbons (Fsp3) is 0. The first-order chi connectivity index (χ1) is 18.2. The van der Waals surface area contributed by atoms with Crippen LogP contribution in [0.3, 0.4) is 0 Å². The number of hydrogen-bond donors (Lipinski definition) is 1. The molecule has 0 aliphatic carbocycles. The van der Waals surface area contributed by atoms with Crippen LogP contribution in [-0.4, -0.2) is 3.96 Å². The average Bonchev–Trinajstić information content (AvgIpc) is 3.00. The second-order valence-corrected chi connectivity index (χ2v) is 18.7. The van der Waals surface area contributed by atoms with Crippen LogP contribution in [0.1, 0.15) is 0 Å². The number of benzene rings is 5. The van der Waals surface area contributed by atoms with Crippen molar-refractivity contribution in [3.8, 4) is 0 Å². The zero-order valence-electron chi connectivity index (χ0n) is 20.1. The number of halogens is 1. The van der Waals surface area contributed by atoms with Gasteiger partial charge in [0.1, 0.15) is 0 Å². The molecule has 37 heavy (non-hydrogen) atoms. The minimum atomic E-state index is -3.68. The van der Waals surface area contributed by atoms with E-state index in [0.29, 0.717) is 0 Å². The van der Waals surface area contributed by atoms with Crippen LogP contribution in [0.4, 0.5) is 0 Å². The van der Waals surface area contributed by atoms with E-state index in [2.05, 4.69) is 160 Å². The van der Waals surface area contributed by atoms with Gasteiger partial charge in [0, 0.05) is 0 Å². The van der Waals surface area contributed by atoms with E-state index in [1.54, 1.807) is 0 Å². The molecule has 1 heterocycles. The molecule has 5 aromatic rings. The summed E-state index contributed by atoms with van der Waals surface area (Å²) in [5, 5.41) is 5.78. The van der Waals surface area contributed by atoms with Crippen molar-refractivity contribution in [3.05, 3.63) is 152 Å². The Morgan fingerprint density at radius 2 is 0.865 bits per heavy atom. The van der Waals surface area contributed by atoms with Gasteiger partial charge in [-0.1, -0.05) is 0 Å². The first-order valence-electron chi connectivity index (χ1n) is 12.1. The van der Waals surface area contributed by atoms with Crippen LogP contribution in [0.5, 0.6) is 0 Å². The quantitative estimate of drug-likeness (QED) is 0.193. The molecule has 0 aromatic heterocycles. The van der Waals surface area contributed by atoms with Crippen molar-refractivity contribution in [2.75, 3.05) is 0 Å². The molecule has 0 fully saturated rings. The molecule has 1 N–H and O–H groups in total. The van der Waals surface area contributed by atoms with Gasteiger partial charge in [-0.25, -0.2) is 0 Å². The van der Waals surface area contributed by atoms with Crippen molar-refractivity contribution in [2.24, 2.45) is 4.52 Å². The Bertz CT molecular complexity index is 1410. The Morgan fingerprint density at radius 3 is 1.22 bits per heavy atom. The van der Waals surface area contributed by atoms with Crippen LogP contribution in [0.25, 0.3) is 0 Å². The average molecular weight is 558 g/mol. The van der Waals surface area contributed by atoms with E-state index < -0.39 is 14.1 Å². The van der Waals surface area contributed by atoms with Gasteiger partial charge in [-0.2, -0.15) is 0 Å². The van der Waals surface area contributed by atoms with Crippen LogP contribution in [0, 0.1) is 0 Å². The van der Waals surface area contributed by atoms with Crippen molar-refractivity contribution < 1.29 is 0 Å². The van der Waals surface area contributed by atoms with Gasteiger partial charge in [0.05, 0.1) is 0 Å². The molecule has 1 aliphatic rings. The summed E-state index contributed by atoms with van der Waals surface area (Å²) in [6.45, 7) is -3.68. The molecule has 0 bridgehead atoms.